The number of ether oxygens (including phenoxy) is 4. The molecule has 0 N–H and O–H groups in total. The van der Waals surface area contributed by atoms with Crippen molar-refractivity contribution in [3.63, 3.8) is 0 Å². The molecule has 18 heavy (non-hydrogen) atoms. The van der Waals surface area contributed by atoms with Gasteiger partial charge in [0.1, 0.15) is 18.5 Å². The van der Waals surface area contributed by atoms with Crippen LogP contribution in [0.2, 0.25) is 0 Å². The van der Waals surface area contributed by atoms with Crippen LogP contribution in [-0.2, 0) is 28.5 Å². The molecule has 102 valence electrons. The van der Waals surface area contributed by atoms with Gasteiger partial charge in [0, 0.05) is 20.3 Å². The zero-order chi connectivity index (χ0) is 13.5. The quantitative estimate of drug-likeness (QED) is 0.382. The predicted octanol–water partition coefficient (Wildman–Crippen LogP) is 0.102. The Morgan fingerprint density at radius 3 is 2.61 bits per heavy atom. The van der Waals surface area contributed by atoms with Crippen molar-refractivity contribution in [3.05, 3.63) is 12.2 Å². The Hall–Kier alpha value is -1.24. The molecule has 0 amide bonds. The Balaban J connectivity index is 2.69. The molecule has 1 saturated heterocycles. The van der Waals surface area contributed by atoms with Gasteiger partial charge in [-0.2, -0.15) is 0 Å². The number of methoxy groups -OCH3 is 2. The average molecular weight is 258 g/mol. The first-order valence-corrected chi connectivity index (χ1v) is 5.63. The summed E-state index contributed by atoms with van der Waals surface area (Å²) in [7, 11) is 3.07. The molecule has 1 heterocycles. The lowest BCUT2D eigenvalue weighted by Crippen LogP contribution is -2.39. The van der Waals surface area contributed by atoms with Gasteiger partial charge in [-0.15, -0.1) is 0 Å². The molecule has 3 unspecified atom stereocenters. The van der Waals surface area contributed by atoms with Crippen LogP contribution in [0.5, 0.6) is 0 Å². The van der Waals surface area contributed by atoms with Gasteiger partial charge in [0.05, 0.1) is 12.7 Å². The molecular weight excluding hydrogens is 240 g/mol. The van der Waals surface area contributed by atoms with Gasteiger partial charge >= 0.3 is 5.97 Å². The van der Waals surface area contributed by atoms with Crippen LogP contribution >= 0.6 is 0 Å². The van der Waals surface area contributed by atoms with Gasteiger partial charge in [0.15, 0.2) is 6.10 Å². The zero-order valence-corrected chi connectivity index (χ0v) is 10.7. The van der Waals surface area contributed by atoms with Crippen molar-refractivity contribution >= 4 is 12.3 Å². The summed E-state index contributed by atoms with van der Waals surface area (Å²) in [4.78, 5) is 21.6. The van der Waals surface area contributed by atoms with Crippen molar-refractivity contribution in [2.24, 2.45) is 0 Å². The van der Waals surface area contributed by atoms with Gasteiger partial charge < -0.3 is 18.9 Å². The van der Waals surface area contributed by atoms with Crippen molar-refractivity contribution in [3.8, 4) is 0 Å². The molecule has 1 fully saturated rings. The summed E-state index contributed by atoms with van der Waals surface area (Å²) in [5, 5.41) is 0. The van der Waals surface area contributed by atoms with E-state index in [1.807, 2.05) is 6.92 Å². The molecule has 0 spiro atoms. The highest BCUT2D eigenvalue weighted by Crippen LogP contribution is 2.26. The first-order valence-electron chi connectivity index (χ1n) is 5.63. The predicted molar refractivity (Wildman–Crippen MR) is 62.1 cm³/mol. The average Bonchev–Trinajstić information content (AvgIpc) is 2.63. The van der Waals surface area contributed by atoms with Crippen LogP contribution in [0.4, 0.5) is 0 Å². The highest BCUT2D eigenvalue weighted by atomic mass is 16.6. The maximum absolute atomic E-state index is 11.5. The van der Waals surface area contributed by atoms with Gasteiger partial charge in [-0.3, -0.25) is 4.79 Å². The van der Waals surface area contributed by atoms with Gasteiger partial charge in [0.25, 0.3) is 0 Å². The molecule has 4 atom stereocenters. The molecule has 0 saturated carbocycles. The fourth-order valence-corrected chi connectivity index (χ4v) is 1.97. The third kappa shape index (κ3) is 3.63. The van der Waals surface area contributed by atoms with Crippen molar-refractivity contribution in [2.45, 2.75) is 31.3 Å². The summed E-state index contributed by atoms with van der Waals surface area (Å²) >= 11 is 0. The fourth-order valence-electron chi connectivity index (χ4n) is 1.97. The second kappa shape index (κ2) is 7.25. The number of hydrogen-bond acceptors (Lipinski definition) is 6. The third-order valence-corrected chi connectivity index (χ3v) is 2.71. The molecule has 0 aliphatic carbocycles. The van der Waals surface area contributed by atoms with E-state index in [0.29, 0.717) is 12.9 Å². The molecule has 0 aromatic carbocycles. The van der Waals surface area contributed by atoms with Gasteiger partial charge in [0.2, 0.25) is 0 Å². The summed E-state index contributed by atoms with van der Waals surface area (Å²) in [5.41, 5.74) is 0. The van der Waals surface area contributed by atoms with Gasteiger partial charge in [-0.1, -0.05) is 0 Å². The maximum atomic E-state index is 11.5. The molecule has 1 rings (SSSR count). The second-order valence-corrected chi connectivity index (χ2v) is 3.93. The van der Waals surface area contributed by atoms with Crippen LogP contribution in [0.25, 0.3) is 0 Å². The minimum Gasteiger partial charge on any atom is -0.453 e. The number of carbonyl (C=O) groups is 2. The highest BCUT2D eigenvalue weighted by molar-refractivity contribution is 5.86. The number of rotatable bonds is 6. The molecule has 0 aromatic rings. The van der Waals surface area contributed by atoms with Crippen LogP contribution in [0.15, 0.2) is 12.2 Å². The minimum atomic E-state index is -0.604. The Bertz CT molecular complexity index is 314. The van der Waals surface area contributed by atoms with E-state index >= 15 is 0 Å². The van der Waals surface area contributed by atoms with E-state index in [2.05, 4.69) is 0 Å². The van der Waals surface area contributed by atoms with Crippen LogP contribution in [0.3, 0.4) is 0 Å². The third-order valence-electron chi connectivity index (χ3n) is 2.71. The molecule has 1 aliphatic heterocycles. The SMILES string of the molecule is COCC1OC(C)[C@@H](OC)C1OC(=O)/C=C\C=O. The summed E-state index contributed by atoms with van der Waals surface area (Å²) < 4.78 is 21.1. The van der Waals surface area contributed by atoms with Crippen molar-refractivity contribution in [1.82, 2.24) is 0 Å². The van der Waals surface area contributed by atoms with Gasteiger partial charge in [-0.25, -0.2) is 4.79 Å². The molecule has 0 aromatic heterocycles. The topological polar surface area (TPSA) is 71.1 Å². The lowest BCUT2D eigenvalue weighted by molar-refractivity contribution is -0.151. The van der Waals surface area contributed by atoms with E-state index in [1.165, 1.54) is 7.11 Å². The Morgan fingerprint density at radius 2 is 2.06 bits per heavy atom. The minimum absolute atomic E-state index is 0.192. The Kier molecular flexibility index (Phi) is 5.97. The summed E-state index contributed by atoms with van der Waals surface area (Å²) in [6.45, 7) is 2.14. The van der Waals surface area contributed by atoms with E-state index in [-0.39, 0.29) is 18.3 Å². The molecule has 6 heteroatoms. The van der Waals surface area contributed by atoms with Gasteiger partial charge in [-0.05, 0) is 13.0 Å². The molecular formula is C12H18O6. The van der Waals surface area contributed by atoms with E-state index in [9.17, 15) is 9.59 Å². The van der Waals surface area contributed by atoms with Crippen molar-refractivity contribution in [1.29, 1.82) is 0 Å². The molecule has 0 bridgehead atoms. The van der Waals surface area contributed by atoms with E-state index in [1.54, 1.807) is 7.11 Å². The smallest absolute Gasteiger partial charge is 0.331 e. The Labute approximate surface area is 106 Å². The molecule has 0 radical (unpaired) electrons. The number of esters is 1. The van der Waals surface area contributed by atoms with Crippen LogP contribution in [0.1, 0.15) is 6.92 Å². The normalized spacial score (nSPS) is 31.7. The lowest BCUT2D eigenvalue weighted by atomic mass is 10.1. The highest BCUT2D eigenvalue weighted by Gasteiger charge is 2.45. The number of allylic oxidation sites excluding steroid dienone is 1. The maximum Gasteiger partial charge on any atom is 0.331 e. The number of aldehydes is 1. The van der Waals surface area contributed by atoms with E-state index in [0.717, 1.165) is 12.2 Å². The lowest BCUT2D eigenvalue weighted by Gasteiger charge is -2.21. The zero-order valence-electron chi connectivity index (χ0n) is 10.7. The standard InChI is InChI=1S/C12H18O6/c1-8-11(16-3)12(9(17-8)7-15-2)18-10(14)5-4-6-13/h4-6,8-9,11-12H,7H2,1-3H3/b5-4-/t8?,9?,11-,12?/m1/s1. The summed E-state index contributed by atoms with van der Waals surface area (Å²) in [5.74, 6) is -0.604. The first-order chi connectivity index (χ1) is 8.63. The largest absolute Gasteiger partial charge is 0.453 e. The van der Waals surface area contributed by atoms with Crippen molar-refractivity contribution in [2.75, 3.05) is 20.8 Å². The van der Waals surface area contributed by atoms with Crippen LogP contribution < -0.4 is 0 Å². The number of hydrogen-bond donors (Lipinski definition) is 0. The van der Waals surface area contributed by atoms with Crippen LogP contribution in [0, 0.1) is 0 Å². The Morgan fingerprint density at radius 1 is 1.33 bits per heavy atom. The fraction of sp³-hybridized carbons (Fsp3) is 0.667. The monoisotopic (exact) mass is 258 g/mol. The first kappa shape index (κ1) is 14.8. The molecule has 1 aliphatic rings. The van der Waals surface area contributed by atoms with Crippen molar-refractivity contribution < 1.29 is 28.5 Å². The van der Waals surface area contributed by atoms with E-state index in [4.69, 9.17) is 18.9 Å². The summed E-state index contributed by atoms with van der Waals surface area (Å²) in [6, 6.07) is 0. The van der Waals surface area contributed by atoms with Crippen LogP contribution in [-0.4, -0.2) is 57.5 Å². The van der Waals surface area contributed by atoms with E-state index < -0.39 is 12.1 Å². The second-order valence-electron chi connectivity index (χ2n) is 3.93. The number of carbonyl (C=O) groups excluding carboxylic acids is 2. The summed E-state index contributed by atoms with van der Waals surface area (Å²) in [6.07, 6.45) is 1.19. The molecule has 6 nitrogen and oxygen atoms in total.